The zero-order chi connectivity index (χ0) is 14.4. The average molecular weight is 307 g/mol. The van der Waals surface area contributed by atoms with E-state index in [0.29, 0.717) is 22.2 Å². The van der Waals surface area contributed by atoms with Gasteiger partial charge in [0.15, 0.2) is 0 Å². The van der Waals surface area contributed by atoms with Gasteiger partial charge >= 0.3 is 0 Å². The fraction of sp³-hybridized carbons (Fsp3) is 0.0667. The number of carbonyl (C=O) groups is 1. The molecule has 0 fully saturated rings. The number of hydrogen-bond acceptors (Lipinski definition) is 2. The Morgan fingerprint density at radius 3 is 2.45 bits per heavy atom. The van der Waals surface area contributed by atoms with E-state index in [4.69, 9.17) is 23.2 Å². The van der Waals surface area contributed by atoms with Gasteiger partial charge in [0.2, 0.25) is 5.91 Å². The summed E-state index contributed by atoms with van der Waals surface area (Å²) in [6.07, 6.45) is 6.38. The third-order valence-electron chi connectivity index (χ3n) is 2.62. The molecule has 0 saturated heterocycles. The minimum atomic E-state index is -0.210. The van der Waals surface area contributed by atoms with Gasteiger partial charge in [0, 0.05) is 40.6 Å². The Balaban J connectivity index is 1.96. The highest BCUT2D eigenvalue weighted by molar-refractivity contribution is 6.37. The van der Waals surface area contributed by atoms with Crippen LogP contribution in [0.2, 0.25) is 10.0 Å². The van der Waals surface area contributed by atoms with Crippen molar-refractivity contribution >= 4 is 35.2 Å². The van der Waals surface area contributed by atoms with E-state index in [2.05, 4.69) is 10.3 Å². The molecule has 1 aromatic carbocycles. The molecule has 20 heavy (non-hydrogen) atoms. The molecule has 0 atom stereocenters. The van der Waals surface area contributed by atoms with Crippen LogP contribution in [-0.4, -0.2) is 10.9 Å². The first-order valence-corrected chi connectivity index (χ1v) is 6.71. The third-order valence-corrected chi connectivity index (χ3v) is 3.28. The molecule has 5 heteroatoms. The van der Waals surface area contributed by atoms with E-state index in [9.17, 15) is 4.79 Å². The predicted molar refractivity (Wildman–Crippen MR) is 81.6 cm³/mol. The van der Waals surface area contributed by atoms with Crippen molar-refractivity contribution in [3.05, 3.63) is 70.0 Å². The minimum absolute atomic E-state index is 0.210. The highest BCUT2D eigenvalue weighted by Gasteiger charge is 2.02. The first-order valence-electron chi connectivity index (χ1n) is 5.95. The molecule has 0 aliphatic rings. The Morgan fingerprint density at radius 1 is 1.15 bits per heavy atom. The van der Waals surface area contributed by atoms with E-state index in [1.807, 2.05) is 12.1 Å². The first kappa shape index (κ1) is 14.6. The van der Waals surface area contributed by atoms with Gasteiger partial charge in [-0.15, -0.1) is 0 Å². The third kappa shape index (κ3) is 4.08. The fourth-order valence-electron chi connectivity index (χ4n) is 1.58. The quantitative estimate of drug-likeness (QED) is 0.875. The van der Waals surface area contributed by atoms with Gasteiger partial charge in [-0.1, -0.05) is 29.3 Å². The maximum absolute atomic E-state index is 11.7. The summed E-state index contributed by atoms with van der Waals surface area (Å²) in [5, 5.41) is 3.79. The van der Waals surface area contributed by atoms with Crippen LogP contribution in [0.3, 0.4) is 0 Å². The van der Waals surface area contributed by atoms with Crippen molar-refractivity contribution in [1.29, 1.82) is 0 Å². The number of rotatable bonds is 4. The predicted octanol–water partition coefficient (Wildman–Crippen LogP) is 3.72. The molecule has 0 saturated carbocycles. The summed E-state index contributed by atoms with van der Waals surface area (Å²) in [4.78, 5) is 15.6. The average Bonchev–Trinajstić information content (AvgIpc) is 2.46. The Bertz CT molecular complexity index is 607. The molecule has 2 rings (SSSR count). The summed E-state index contributed by atoms with van der Waals surface area (Å²) in [5.41, 5.74) is 1.62. The molecule has 1 N–H and O–H groups in total. The summed E-state index contributed by atoms with van der Waals surface area (Å²) in [7, 11) is 0. The van der Waals surface area contributed by atoms with Crippen LogP contribution in [0.4, 0.5) is 0 Å². The number of halogens is 2. The second-order valence-electron chi connectivity index (χ2n) is 4.04. The maximum atomic E-state index is 11.7. The molecule has 1 heterocycles. The van der Waals surface area contributed by atoms with Gasteiger partial charge in [-0.25, -0.2) is 0 Å². The van der Waals surface area contributed by atoms with Gasteiger partial charge in [-0.05, 0) is 35.9 Å². The van der Waals surface area contributed by atoms with E-state index in [1.54, 1.807) is 36.7 Å². The SMILES string of the molecule is O=C(C=Cc1c(Cl)cccc1Cl)NCc1ccncc1. The van der Waals surface area contributed by atoms with Crippen LogP contribution in [0.5, 0.6) is 0 Å². The zero-order valence-electron chi connectivity index (χ0n) is 10.5. The number of amides is 1. The largest absolute Gasteiger partial charge is 0.348 e. The monoisotopic (exact) mass is 306 g/mol. The second kappa shape index (κ2) is 7.08. The van der Waals surface area contributed by atoms with Crippen LogP contribution < -0.4 is 5.32 Å². The van der Waals surface area contributed by atoms with Crippen molar-refractivity contribution in [3.63, 3.8) is 0 Å². The van der Waals surface area contributed by atoms with E-state index < -0.39 is 0 Å². The molecule has 3 nitrogen and oxygen atoms in total. The lowest BCUT2D eigenvalue weighted by Crippen LogP contribution is -2.20. The summed E-state index contributed by atoms with van der Waals surface area (Å²) >= 11 is 12.0. The molecule has 0 unspecified atom stereocenters. The van der Waals surface area contributed by atoms with Gasteiger partial charge in [-0.3, -0.25) is 9.78 Å². The van der Waals surface area contributed by atoms with Crippen LogP contribution in [0.15, 0.2) is 48.8 Å². The number of nitrogens with zero attached hydrogens (tertiary/aromatic N) is 1. The number of carbonyl (C=O) groups excluding carboxylic acids is 1. The molecule has 0 radical (unpaired) electrons. The number of hydrogen-bond donors (Lipinski definition) is 1. The molecule has 1 aromatic heterocycles. The van der Waals surface area contributed by atoms with Crippen molar-refractivity contribution in [3.8, 4) is 0 Å². The van der Waals surface area contributed by atoms with Crippen LogP contribution in [0.1, 0.15) is 11.1 Å². The van der Waals surface area contributed by atoms with Crippen LogP contribution in [0.25, 0.3) is 6.08 Å². The van der Waals surface area contributed by atoms with Crippen LogP contribution >= 0.6 is 23.2 Å². The van der Waals surface area contributed by atoms with Crippen LogP contribution in [0, 0.1) is 0 Å². The molecule has 2 aromatic rings. The van der Waals surface area contributed by atoms with Gasteiger partial charge in [0.25, 0.3) is 0 Å². The van der Waals surface area contributed by atoms with Gasteiger partial charge in [0.05, 0.1) is 0 Å². The minimum Gasteiger partial charge on any atom is -0.348 e. The summed E-state index contributed by atoms with van der Waals surface area (Å²) in [5.74, 6) is -0.210. The number of aromatic nitrogens is 1. The highest BCUT2D eigenvalue weighted by Crippen LogP contribution is 2.25. The van der Waals surface area contributed by atoms with Crippen molar-refractivity contribution in [1.82, 2.24) is 10.3 Å². The van der Waals surface area contributed by atoms with E-state index in [0.717, 1.165) is 5.56 Å². The van der Waals surface area contributed by atoms with Gasteiger partial charge < -0.3 is 5.32 Å². The Kier molecular flexibility index (Phi) is 5.16. The number of pyridine rings is 1. The standard InChI is InChI=1S/C15H12Cl2N2O/c16-13-2-1-3-14(17)12(13)4-5-15(20)19-10-11-6-8-18-9-7-11/h1-9H,10H2,(H,19,20). The van der Waals surface area contributed by atoms with Crippen molar-refractivity contribution in [2.24, 2.45) is 0 Å². The van der Waals surface area contributed by atoms with Gasteiger partial charge in [-0.2, -0.15) is 0 Å². The summed E-state index contributed by atoms with van der Waals surface area (Å²) in [6, 6.07) is 8.89. The van der Waals surface area contributed by atoms with E-state index in [-0.39, 0.29) is 5.91 Å². The summed E-state index contributed by atoms with van der Waals surface area (Å²) < 4.78 is 0. The Morgan fingerprint density at radius 2 is 1.80 bits per heavy atom. The lowest BCUT2D eigenvalue weighted by Gasteiger charge is -2.03. The van der Waals surface area contributed by atoms with E-state index in [1.165, 1.54) is 6.08 Å². The zero-order valence-corrected chi connectivity index (χ0v) is 12.0. The maximum Gasteiger partial charge on any atom is 0.244 e. The summed E-state index contributed by atoms with van der Waals surface area (Å²) in [6.45, 7) is 0.446. The lowest BCUT2D eigenvalue weighted by atomic mass is 10.2. The van der Waals surface area contributed by atoms with Gasteiger partial charge in [0.1, 0.15) is 0 Å². The topological polar surface area (TPSA) is 42.0 Å². The van der Waals surface area contributed by atoms with Crippen molar-refractivity contribution < 1.29 is 4.79 Å². The molecular formula is C15H12Cl2N2O. The van der Waals surface area contributed by atoms with Crippen molar-refractivity contribution in [2.75, 3.05) is 0 Å². The normalized spacial score (nSPS) is 10.7. The molecule has 0 aliphatic heterocycles. The van der Waals surface area contributed by atoms with Crippen LogP contribution in [-0.2, 0) is 11.3 Å². The lowest BCUT2D eigenvalue weighted by molar-refractivity contribution is -0.116. The molecule has 102 valence electrons. The van der Waals surface area contributed by atoms with E-state index >= 15 is 0 Å². The number of nitrogens with one attached hydrogen (secondary N) is 1. The molecule has 1 amide bonds. The Labute approximate surface area is 127 Å². The second-order valence-corrected chi connectivity index (χ2v) is 4.86. The molecule has 0 bridgehead atoms. The smallest absolute Gasteiger partial charge is 0.244 e. The fourth-order valence-corrected chi connectivity index (χ4v) is 2.10. The number of benzene rings is 1. The van der Waals surface area contributed by atoms with Crippen molar-refractivity contribution in [2.45, 2.75) is 6.54 Å². The molecule has 0 aliphatic carbocycles. The molecule has 0 spiro atoms. The first-order chi connectivity index (χ1) is 9.66. The molecular weight excluding hydrogens is 295 g/mol. The highest BCUT2D eigenvalue weighted by atomic mass is 35.5. The Hall–Kier alpha value is -1.84.